The summed E-state index contributed by atoms with van der Waals surface area (Å²) >= 11 is 0. The molecule has 1 fully saturated rings. The predicted molar refractivity (Wildman–Crippen MR) is 70.0 cm³/mol. The maximum Gasteiger partial charge on any atom is 0.307 e. The van der Waals surface area contributed by atoms with Crippen LogP contribution in [0.5, 0.6) is 0 Å². The quantitative estimate of drug-likeness (QED) is 0.711. The van der Waals surface area contributed by atoms with Crippen LogP contribution in [0.2, 0.25) is 0 Å². The molecule has 0 aromatic heterocycles. The van der Waals surface area contributed by atoms with Gasteiger partial charge >= 0.3 is 5.97 Å². The van der Waals surface area contributed by atoms with Gasteiger partial charge in [0.1, 0.15) is 9.84 Å². The molecule has 7 nitrogen and oxygen atoms in total. The van der Waals surface area contributed by atoms with Gasteiger partial charge in [0.15, 0.2) is 0 Å². The number of hydrogen-bond donors (Lipinski definition) is 1. The molecule has 1 aliphatic rings. The van der Waals surface area contributed by atoms with Crippen molar-refractivity contribution in [2.75, 3.05) is 30.9 Å². The van der Waals surface area contributed by atoms with Crippen LogP contribution in [0.3, 0.4) is 0 Å². The van der Waals surface area contributed by atoms with E-state index in [-0.39, 0.29) is 24.5 Å². The van der Waals surface area contributed by atoms with Crippen LogP contribution in [0.15, 0.2) is 0 Å². The first-order valence-corrected chi connectivity index (χ1v) is 9.67. The Morgan fingerprint density at radius 3 is 2.42 bits per heavy atom. The molecule has 0 unspecified atom stereocenters. The average molecular weight is 313 g/mol. The lowest BCUT2D eigenvalue weighted by atomic mass is 10.0. The zero-order valence-electron chi connectivity index (χ0n) is 10.8. The van der Waals surface area contributed by atoms with Crippen LogP contribution in [-0.4, -0.2) is 63.1 Å². The Labute approximate surface area is 113 Å². The highest BCUT2D eigenvalue weighted by atomic mass is 32.2. The molecular weight excluding hydrogens is 294 g/mol. The van der Waals surface area contributed by atoms with E-state index in [0.29, 0.717) is 19.4 Å². The second-order valence-corrected chi connectivity index (χ2v) is 9.18. The van der Waals surface area contributed by atoms with Crippen molar-refractivity contribution in [1.82, 2.24) is 4.31 Å². The standard InChI is InChI=1S/C10H19NO6S2/c1-18(14,15)6-3-7-19(16,17)11-5-2-4-9(8-11)10(12)13/h9H,2-8H2,1H3,(H,12,13)/t9-/m0/s1. The van der Waals surface area contributed by atoms with E-state index in [4.69, 9.17) is 5.11 Å². The van der Waals surface area contributed by atoms with Crippen LogP contribution in [0.1, 0.15) is 19.3 Å². The normalized spacial score (nSPS) is 22.3. The van der Waals surface area contributed by atoms with E-state index < -0.39 is 31.7 Å². The highest BCUT2D eigenvalue weighted by Gasteiger charge is 2.31. The molecule has 1 heterocycles. The number of sulfonamides is 1. The molecule has 1 N–H and O–H groups in total. The van der Waals surface area contributed by atoms with Crippen LogP contribution < -0.4 is 0 Å². The van der Waals surface area contributed by atoms with Crippen LogP contribution >= 0.6 is 0 Å². The van der Waals surface area contributed by atoms with Gasteiger partial charge in [-0.3, -0.25) is 4.79 Å². The molecule has 9 heteroatoms. The lowest BCUT2D eigenvalue weighted by Crippen LogP contribution is -2.43. The summed E-state index contributed by atoms with van der Waals surface area (Å²) in [4.78, 5) is 10.9. The van der Waals surface area contributed by atoms with Gasteiger partial charge in [-0.15, -0.1) is 0 Å². The molecule has 112 valence electrons. The second-order valence-electron chi connectivity index (χ2n) is 4.83. The first-order valence-electron chi connectivity index (χ1n) is 6.00. The topological polar surface area (TPSA) is 109 Å². The molecule has 1 aliphatic heterocycles. The van der Waals surface area contributed by atoms with Gasteiger partial charge in [0.2, 0.25) is 10.0 Å². The molecule has 0 radical (unpaired) electrons. The predicted octanol–water partition coefficient (Wildman–Crippen LogP) is -0.452. The summed E-state index contributed by atoms with van der Waals surface area (Å²) in [6.45, 7) is 0.293. The van der Waals surface area contributed by atoms with E-state index in [1.165, 1.54) is 0 Å². The van der Waals surface area contributed by atoms with Gasteiger partial charge in [-0.25, -0.2) is 21.1 Å². The fourth-order valence-corrected chi connectivity index (χ4v) is 4.46. The monoisotopic (exact) mass is 313 g/mol. The van der Waals surface area contributed by atoms with Gasteiger partial charge in [0.05, 0.1) is 17.4 Å². The molecule has 0 amide bonds. The Hall–Kier alpha value is -0.670. The molecule has 0 aliphatic carbocycles. The number of carboxylic acids is 1. The summed E-state index contributed by atoms with van der Waals surface area (Å²) in [5, 5.41) is 8.90. The third-order valence-corrected chi connectivity index (χ3v) is 6.00. The van der Waals surface area contributed by atoms with Crippen molar-refractivity contribution in [1.29, 1.82) is 0 Å². The van der Waals surface area contributed by atoms with Crippen molar-refractivity contribution in [3.05, 3.63) is 0 Å². The van der Waals surface area contributed by atoms with E-state index in [0.717, 1.165) is 10.6 Å². The van der Waals surface area contributed by atoms with Crippen molar-refractivity contribution in [3.8, 4) is 0 Å². The molecule has 1 atom stereocenters. The number of piperidine rings is 1. The summed E-state index contributed by atoms with van der Waals surface area (Å²) in [6, 6.07) is 0. The van der Waals surface area contributed by atoms with Crippen LogP contribution in [0.4, 0.5) is 0 Å². The van der Waals surface area contributed by atoms with E-state index >= 15 is 0 Å². The summed E-state index contributed by atoms with van der Waals surface area (Å²) in [5.41, 5.74) is 0. The zero-order valence-corrected chi connectivity index (χ0v) is 12.4. The summed E-state index contributed by atoms with van der Waals surface area (Å²) in [5.74, 6) is -2.09. The summed E-state index contributed by atoms with van der Waals surface area (Å²) in [6.07, 6.45) is 2.09. The molecule has 0 bridgehead atoms. The number of hydrogen-bond acceptors (Lipinski definition) is 5. The van der Waals surface area contributed by atoms with Crippen molar-refractivity contribution >= 4 is 25.8 Å². The van der Waals surface area contributed by atoms with Gasteiger partial charge in [-0.2, -0.15) is 0 Å². The van der Waals surface area contributed by atoms with Crippen LogP contribution in [-0.2, 0) is 24.7 Å². The van der Waals surface area contributed by atoms with E-state index in [1.54, 1.807) is 0 Å². The highest BCUT2D eigenvalue weighted by molar-refractivity contribution is 7.91. The molecule has 19 heavy (non-hydrogen) atoms. The fraction of sp³-hybridized carbons (Fsp3) is 0.900. The smallest absolute Gasteiger partial charge is 0.307 e. The maximum atomic E-state index is 12.0. The minimum absolute atomic E-state index is 0.0173. The van der Waals surface area contributed by atoms with Crippen LogP contribution in [0.25, 0.3) is 0 Å². The number of sulfone groups is 1. The van der Waals surface area contributed by atoms with E-state index in [9.17, 15) is 21.6 Å². The second kappa shape index (κ2) is 6.19. The molecule has 1 saturated heterocycles. The fourth-order valence-electron chi connectivity index (χ4n) is 2.03. The lowest BCUT2D eigenvalue weighted by Gasteiger charge is -2.29. The molecule has 0 aromatic rings. The minimum atomic E-state index is -3.57. The summed E-state index contributed by atoms with van der Waals surface area (Å²) < 4.78 is 47.0. The maximum absolute atomic E-state index is 12.0. The molecule has 0 spiro atoms. The van der Waals surface area contributed by atoms with Crippen molar-refractivity contribution in [3.63, 3.8) is 0 Å². The lowest BCUT2D eigenvalue weighted by molar-refractivity contribution is -0.142. The first-order chi connectivity index (χ1) is 8.62. The Morgan fingerprint density at radius 2 is 1.89 bits per heavy atom. The van der Waals surface area contributed by atoms with Gasteiger partial charge in [0.25, 0.3) is 0 Å². The first kappa shape index (κ1) is 16.4. The average Bonchev–Trinajstić information content (AvgIpc) is 2.27. The Balaban J connectivity index is 2.59. The highest BCUT2D eigenvalue weighted by Crippen LogP contribution is 2.20. The van der Waals surface area contributed by atoms with Crippen LogP contribution in [0, 0.1) is 5.92 Å². The Kier molecular flexibility index (Phi) is 5.34. The summed E-state index contributed by atoms with van der Waals surface area (Å²) in [7, 11) is -6.75. The minimum Gasteiger partial charge on any atom is -0.481 e. The number of carbonyl (C=O) groups is 1. The Morgan fingerprint density at radius 1 is 1.26 bits per heavy atom. The van der Waals surface area contributed by atoms with Crippen molar-refractivity contribution in [2.45, 2.75) is 19.3 Å². The molecule has 0 aromatic carbocycles. The molecule has 1 rings (SSSR count). The molecular formula is C10H19NO6S2. The van der Waals surface area contributed by atoms with Gasteiger partial charge in [0, 0.05) is 19.3 Å². The number of carboxylic acid groups (broad SMARTS) is 1. The van der Waals surface area contributed by atoms with Gasteiger partial charge in [-0.1, -0.05) is 0 Å². The van der Waals surface area contributed by atoms with Gasteiger partial charge < -0.3 is 5.11 Å². The van der Waals surface area contributed by atoms with Crippen molar-refractivity contribution in [2.24, 2.45) is 5.92 Å². The number of aliphatic carboxylic acids is 1. The number of nitrogens with zero attached hydrogens (tertiary/aromatic N) is 1. The largest absolute Gasteiger partial charge is 0.481 e. The van der Waals surface area contributed by atoms with E-state index in [2.05, 4.69) is 0 Å². The number of rotatable bonds is 6. The zero-order chi connectivity index (χ0) is 14.7. The molecule has 0 saturated carbocycles. The van der Waals surface area contributed by atoms with Crippen molar-refractivity contribution < 1.29 is 26.7 Å². The third-order valence-electron chi connectivity index (χ3n) is 3.04. The SMILES string of the molecule is CS(=O)(=O)CCCS(=O)(=O)N1CCC[C@H](C(=O)O)C1. The third kappa shape index (κ3) is 5.45. The Bertz CT molecular complexity index is 524. The van der Waals surface area contributed by atoms with Gasteiger partial charge in [-0.05, 0) is 19.3 Å². The van der Waals surface area contributed by atoms with E-state index in [1.807, 2.05) is 0 Å².